The summed E-state index contributed by atoms with van der Waals surface area (Å²) in [4.78, 5) is 4.52. The van der Waals surface area contributed by atoms with E-state index in [-0.39, 0.29) is 11.5 Å². The number of hydrogen-bond acceptors (Lipinski definition) is 5. The van der Waals surface area contributed by atoms with Crippen molar-refractivity contribution in [2.24, 2.45) is 0 Å². The first-order chi connectivity index (χ1) is 12.9. The maximum atomic E-state index is 6.02. The Labute approximate surface area is 160 Å². The average molecular weight is 365 g/mol. The van der Waals surface area contributed by atoms with E-state index >= 15 is 0 Å². The van der Waals surface area contributed by atoms with E-state index in [1.807, 2.05) is 43.3 Å². The molecule has 0 saturated carbocycles. The third-order valence-corrected chi connectivity index (χ3v) is 4.29. The molecule has 0 saturated heterocycles. The second-order valence-electron chi connectivity index (χ2n) is 7.69. The molecule has 1 atom stereocenters. The van der Waals surface area contributed by atoms with Crippen LogP contribution in [-0.4, -0.2) is 10.1 Å². The van der Waals surface area contributed by atoms with Crippen molar-refractivity contribution in [3.8, 4) is 5.75 Å². The standard InChI is InChI=1S/C22H27N3O2/c1-16(20-24-21(25-27-20)22(2,3)4)23-14-18-12-8-9-13-19(18)26-15-17-10-6-5-7-11-17/h5-13,16,23H,14-15H2,1-4H3. The number of benzene rings is 2. The molecule has 142 valence electrons. The summed E-state index contributed by atoms with van der Waals surface area (Å²) in [5, 5.41) is 7.54. The fourth-order valence-electron chi connectivity index (χ4n) is 2.59. The van der Waals surface area contributed by atoms with Gasteiger partial charge in [-0.15, -0.1) is 0 Å². The predicted octanol–water partition coefficient (Wildman–Crippen LogP) is 4.80. The lowest BCUT2D eigenvalue weighted by atomic mass is 9.96. The number of hydrogen-bond donors (Lipinski definition) is 1. The molecule has 0 amide bonds. The van der Waals surface area contributed by atoms with E-state index in [0.717, 1.165) is 22.7 Å². The fraction of sp³-hybridized carbons (Fsp3) is 0.364. The van der Waals surface area contributed by atoms with Crippen LogP contribution in [0.2, 0.25) is 0 Å². The Morgan fingerprint density at radius 2 is 1.74 bits per heavy atom. The Hall–Kier alpha value is -2.66. The molecule has 1 N–H and O–H groups in total. The number of nitrogens with zero attached hydrogens (tertiary/aromatic N) is 2. The van der Waals surface area contributed by atoms with Gasteiger partial charge in [0.2, 0.25) is 5.89 Å². The highest BCUT2D eigenvalue weighted by molar-refractivity contribution is 5.33. The number of nitrogens with one attached hydrogen (secondary N) is 1. The highest BCUT2D eigenvalue weighted by Crippen LogP contribution is 2.23. The molecule has 0 spiro atoms. The van der Waals surface area contributed by atoms with Crippen LogP contribution in [0.4, 0.5) is 0 Å². The van der Waals surface area contributed by atoms with E-state index in [9.17, 15) is 0 Å². The zero-order valence-corrected chi connectivity index (χ0v) is 16.4. The van der Waals surface area contributed by atoms with Crippen LogP contribution in [0.1, 0.15) is 56.6 Å². The summed E-state index contributed by atoms with van der Waals surface area (Å²) < 4.78 is 11.4. The average Bonchev–Trinajstić information content (AvgIpc) is 3.17. The molecule has 1 heterocycles. The van der Waals surface area contributed by atoms with Crippen LogP contribution < -0.4 is 10.1 Å². The molecule has 27 heavy (non-hydrogen) atoms. The first kappa shape index (κ1) is 19.1. The maximum absolute atomic E-state index is 6.02. The summed E-state index contributed by atoms with van der Waals surface area (Å²) in [6.07, 6.45) is 0. The molecule has 5 nitrogen and oxygen atoms in total. The van der Waals surface area contributed by atoms with E-state index in [4.69, 9.17) is 9.26 Å². The number of para-hydroxylation sites is 1. The van der Waals surface area contributed by atoms with Crippen molar-refractivity contribution in [1.29, 1.82) is 0 Å². The minimum Gasteiger partial charge on any atom is -0.489 e. The third-order valence-electron chi connectivity index (χ3n) is 4.29. The van der Waals surface area contributed by atoms with Gasteiger partial charge in [0.25, 0.3) is 0 Å². The van der Waals surface area contributed by atoms with Crippen LogP contribution in [-0.2, 0) is 18.6 Å². The van der Waals surface area contributed by atoms with Crippen LogP contribution >= 0.6 is 0 Å². The van der Waals surface area contributed by atoms with Gasteiger partial charge in [0.1, 0.15) is 12.4 Å². The van der Waals surface area contributed by atoms with E-state index in [2.05, 4.69) is 54.4 Å². The molecule has 5 heteroatoms. The topological polar surface area (TPSA) is 60.2 Å². The Bertz CT molecular complexity index is 853. The summed E-state index contributed by atoms with van der Waals surface area (Å²) in [6, 6.07) is 18.2. The lowest BCUT2D eigenvalue weighted by Crippen LogP contribution is -2.19. The molecular formula is C22H27N3O2. The van der Waals surface area contributed by atoms with Gasteiger partial charge in [0.15, 0.2) is 5.82 Å². The van der Waals surface area contributed by atoms with Crippen molar-refractivity contribution in [2.45, 2.75) is 52.3 Å². The number of rotatable bonds is 7. The van der Waals surface area contributed by atoms with E-state index < -0.39 is 0 Å². The van der Waals surface area contributed by atoms with Gasteiger partial charge in [-0.05, 0) is 18.6 Å². The highest BCUT2D eigenvalue weighted by Gasteiger charge is 2.23. The first-order valence-electron chi connectivity index (χ1n) is 9.25. The van der Waals surface area contributed by atoms with Gasteiger partial charge in [-0.2, -0.15) is 4.98 Å². The summed E-state index contributed by atoms with van der Waals surface area (Å²) in [7, 11) is 0. The monoisotopic (exact) mass is 365 g/mol. The predicted molar refractivity (Wildman–Crippen MR) is 105 cm³/mol. The lowest BCUT2D eigenvalue weighted by Gasteiger charge is -2.14. The molecule has 2 aromatic carbocycles. The summed E-state index contributed by atoms with van der Waals surface area (Å²) in [5.74, 6) is 2.20. The molecule has 0 radical (unpaired) electrons. The molecule has 0 aliphatic heterocycles. The van der Waals surface area contributed by atoms with Gasteiger partial charge in [0, 0.05) is 17.5 Å². The molecular weight excluding hydrogens is 338 g/mol. The molecule has 0 bridgehead atoms. The van der Waals surface area contributed by atoms with Crippen molar-refractivity contribution in [3.05, 3.63) is 77.4 Å². The third kappa shape index (κ3) is 5.17. The van der Waals surface area contributed by atoms with Crippen molar-refractivity contribution >= 4 is 0 Å². The Morgan fingerprint density at radius 1 is 1.04 bits per heavy atom. The van der Waals surface area contributed by atoms with Crippen molar-refractivity contribution in [3.63, 3.8) is 0 Å². The van der Waals surface area contributed by atoms with Crippen molar-refractivity contribution < 1.29 is 9.26 Å². The maximum Gasteiger partial charge on any atom is 0.243 e. The lowest BCUT2D eigenvalue weighted by molar-refractivity contribution is 0.299. The number of ether oxygens (including phenoxy) is 1. The van der Waals surface area contributed by atoms with Crippen LogP contribution in [0, 0.1) is 0 Å². The van der Waals surface area contributed by atoms with E-state index in [1.165, 1.54) is 0 Å². The van der Waals surface area contributed by atoms with Crippen LogP contribution in [0.15, 0.2) is 59.1 Å². The largest absolute Gasteiger partial charge is 0.489 e. The first-order valence-corrected chi connectivity index (χ1v) is 9.25. The summed E-state index contributed by atoms with van der Waals surface area (Å²) in [5.41, 5.74) is 2.12. The van der Waals surface area contributed by atoms with Gasteiger partial charge in [-0.1, -0.05) is 74.5 Å². The van der Waals surface area contributed by atoms with Crippen LogP contribution in [0.5, 0.6) is 5.75 Å². The van der Waals surface area contributed by atoms with Gasteiger partial charge < -0.3 is 14.6 Å². The zero-order valence-electron chi connectivity index (χ0n) is 16.4. The van der Waals surface area contributed by atoms with Gasteiger partial charge >= 0.3 is 0 Å². The molecule has 0 aliphatic rings. The molecule has 0 fully saturated rings. The molecule has 1 aromatic heterocycles. The minimum absolute atomic E-state index is 0.0456. The zero-order chi connectivity index (χ0) is 19.3. The molecule has 1 unspecified atom stereocenters. The molecule has 0 aliphatic carbocycles. The van der Waals surface area contributed by atoms with Gasteiger partial charge in [-0.25, -0.2) is 0 Å². The Morgan fingerprint density at radius 3 is 2.44 bits per heavy atom. The molecule has 3 aromatic rings. The normalized spacial score (nSPS) is 12.7. The SMILES string of the molecule is CC(NCc1ccccc1OCc1ccccc1)c1nc(C(C)(C)C)no1. The number of aromatic nitrogens is 2. The van der Waals surface area contributed by atoms with Crippen LogP contribution in [0.25, 0.3) is 0 Å². The Balaban J connectivity index is 1.61. The Kier molecular flexibility index (Phi) is 5.91. The molecule has 3 rings (SSSR count). The second-order valence-corrected chi connectivity index (χ2v) is 7.69. The van der Waals surface area contributed by atoms with Gasteiger partial charge in [0.05, 0.1) is 6.04 Å². The second kappa shape index (κ2) is 8.35. The summed E-state index contributed by atoms with van der Waals surface area (Å²) in [6.45, 7) is 9.43. The quantitative estimate of drug-likeness (QED) is 0.652. The highest BCUT2D eigenvalue weighted by atomic mass is 16.5. The van der Waals surface area contributed by atoms with E-state index in [1.54, 1.807) is 0 Å². The van der Waals surface area contributed by atoms with Crippen molar-refractivity contribution in [2.75, 3.05) is 0 Å². The minimum atomic E-state index is -0.126. The summed E-state index contributed by atoms with van der Waals surface area (Å²) >= 11 is 0. The smallest absolute Gasteiger partial charge is 0.243 e. The van der Waals surface area contributed by atoms with Crippen molar-refractivity contribution in [1.82, 2.24) is 15.5 Å². The van der Waals surface area contributed by atoms with E-state index in [0.29, 0.717) is 19.0 Å². The van der Waals surface area contributed by atoms with Crippen LogP contribution in [0.3, 0.4) is 0 Å². The fourth-order valence-corrected chi connectivity index (χ4v) is 2.59. The van der Waals surface area contributed by atoms with Gasteiger partial charge in [-0.3, -0.25) is 0 Å².